The Bertz CT molecular complexity index is 605. The van der Waals surface area contributed by atoms with Gasteiger partial charge in [0.15, 0.2) is 5.78 Å². The maximum absolute atomic E-state index is 11.6. The van der Waals surface area contributed by atoms with E-state index in [4.69, 9.17) is 5.73 Å². The summed E-state index contributed by atoms with van der Waals surface area (Å²) in [5.74, 6) is 0.147. The minimum Gasteiger partial charge on any atom is -0.388 e. The van der Waals surface area contributed by atoms with Gasteiger partial charge in [-0.1, -0.05) is 49.4 Å². The molecule has 0 bridgehead atoms. The van der Waals surface area contributed by atoms with Crippen LogP contribution in [0.1, 0.15) is 41.8 Å². The monoisotopic (exact) mass is 283 g/mol. The van der Waals surface area contributed by atoms with Crippen LogP contribution in [-0.2, 0) is 0 Å². The number of rotatable bonds is 6. The van der Waals surface area contributed by atoms with E-state index in [0.717, 1.165) is 22.3 Å². The third-order valence-corrected chi connectivity index (χ3v) is 3.57. The van der Waals surface area contributed by atoms with Crippen LogP contribution in [0.25, 0.3) is 11.1 Å². The Morgan fingerprint density at radius 3 is 2.48 bits per heavy atom. The first-order valence-electron chi connectivity index (χ1n) is 7.27. The summed E-state index contributed by atoms with van der Waals surface area (Å²) in [6.07, 6.45) is 0.531. The number of carbonyl (C=O) groups is 1. The first-order chi connectivity index (χ1) is 10.2. The molecule has 0 radical (unpaired) electrons. The molecule has 110 valence electrons. The molecule has 0 saturated heterocycles. The fraction of sp³-hybridized carbons (Fsp3) is 0.278. The molecule has 21 heavy (non-hydrogen) atoms. The number of carbonyl (C=O) groups excluding carboxylic acids is 1. The molecule has 0 heterocycles. The van der Waals surface area contributed by atoms with Gasteiger partial charge in [-0.2, -0.15) is 0 Å². The van der Waals surface area contributed by atoms with Crippen molar-refractivity contribution in [1.82, 2.24) is 0 Å². The normalized spacial score (nSPS) is 12.1. The van der Waals surface area contributed by atoms with E-state index in [-0.39, 0.29) is 5.78 Å². The van der Waals surface area contributed by atoms with Crippen LogP contribution in [0.15, 0.2) is 48.5 Å². The molecule has 3 nitrogen and oxygen atoms in total. The molecule has 0 aromatic heterocycles. The molecule has 0 saturated carbocycles. The van der Waals surface area contributed by atoms with Crippen molar-refractivity contribution in [2.75, 3.05) is 6.54 Å². The third kappa shape index (κ3) is 3.78. The topological polar surface area (TPSA) is 63.3 Å². The maximum atomic E-state index is 11.6. The predicted octanol–water partition coefficient (Wildman–Crippen LogP) is 3.33. The highest BCUT2D eigenvalue weighted by Crippen LogP contribution is 2.25. The van der Waals surface area contributed by atoms with E-state index in [1.807, 2.05) is 55.5 Å². The molecule has 0 fully saturated rings. The Morgan fingerprint density at radius 1 is 1.14 bits per heavy atom. The van der Waals surface area contributed by atoms with Crippen LogP contribution in [0.2, 0.25) is 0 Å². The molecule has 2 aromatic rings. The van der Waals surface area contributed by atoms with Gasteiger partial charge in [-0.15, -0.1) is 0 Å². The lowest BCUT2D eigenvalue weighted by Gasteiger charge is -2.11. The van der Waals surface area contributed by atoms with Crippen molar-refractivity contribution in [3.05, 3.63) is 59.7 Å². The second kappa shape index (κ2) is 7.16. The van der Waals surface area contributed by atoms with Crippen LogP contribution in [0.4, 0.5) is 0 Å². The zero-order valence-electron chi connectivity index (χ0n) is 12.3. The zero-order valence-corrected chi connectivity index (χ0v) is 12.3. The highest BCUT2D eigenvalue weighted by atomic mass is 16.3. The molecule has 2 aromatic carbocycles. The summed E-state index contributed by atoms with van der Waals surface area (Å²) in [4.78, 5) is 11.6. The fourth-order valence-electron chi connectivity index (χ4n) is 2.30. The van der Waals surface area contributed by atoms with Crippen molar-refractivity contribution in [3.63, 3.8) is 0 Å². The maximum Gasteiger partial charge on any atom is 0.162 e. The molecule has 3 N–H and O–H groups in total. The van der Waals surface area contributed by atoms with Crippen molar-refractivity contribution in [1.29, 1.82) is 0 Å². The van der Waals surface area contributed by atoms with Crippen molar-refractivity contribution < 1.29 is 9.90 Å². The Hall–Kier alpha value is -1.97. The Labute approximate surface area is 125 Å². The molecule has 0 aliphatic rings. The number of aliphatic hydroxyl groups is 1. The van der Waals surface area contributed by atoms with Crippen molar-refractivity contribution >= 4 is 5.78 Å². The van der Waals surface area contributed by atoms with E-state index >= 15 is 0 Å². The van der Waals surface area contributed by atoms with Crippen LogP contribution >= 0.6 is 0 Å². The van der Waals surface area contributed by atoms with E-state index in [9.17, 15) is 9.90 Å². The molecule has 1 atom stereocenters. The average Bonchev–Trinajstić information content (AvgIpc) is 2.54. The molecule has 0 amide bonds. The molecule has 3 heteroatoms. The first-order valence-corrected chi connectivity index (χ1v) is 7.27. The largest absolute Gasteiger partial charge is 0.388 e. The first kappa shape index (κ1) is 15.4. The van der Waals surface area contributed by atoms with Gasteiger partial charge in [0.05, 0.1) is 6.10 Å². The lowest BCUT2D eigenvalue weighted by molar-refractivity contribution is 0.0988. The van der Waals surface area contributed by atoms with E-state index in [2.05, 4.69) is 0 Å². The van der Waals surface area contributed by atoms with Crippen LogP contribution in [0.5, 0.6) is 0 Å². The number of ketones is 1. The lowest BCUT2D eigenvalue weighted by atomic mass is 9.98. The molecule has 2 rings (SSSR count). The van der Waals surface area contributed by atoms with Gasteiger partial charge in [0, 0.05) is 12.0 Å². The lowest BCUT2D eigenvalue weighted by Crippen LogP contribution is -2.06. The zero-order chi connectivity index (χ0) is 15.2. The number of hydrogen-bond donors (Lipinski definition) is 2. The summed E-state index contributed by atoms with van der Waals surface area (Å²) in [5.41, 5.74) is 9.14. The summed E-state index contributed by atoms with van der Waals surface area (Å²) in [7, 11) is 0. The van der Waals surface area contributed by atoms with Gasteiger partial charge in [0.2, 0.25) is 0 Å². The highest BCUT2D eigenvalue weighted by molar-refractivity contribution is 5.96. The second-order valence-electron chi connectivity index (χ2n) is 5.07. The molecule has 0 aliphatic carbocycles. The molecule has 0 aliphatic heterocycles. The van der Waals surface area contributed by atoms with Crippen LogP contribution in [-0.4, -0.2) is 17.4 Å². The number of nitrogens with two attached hydrogens (primary N) is 1. The SMILES string of the molecule is CCC(=O)c1ccc(-c2cccc(C(O)CCN)c2)cc1. The van der Waals surface area contributed by atoms with Crippen LogP contribution in [0, 0.1) is 0 Å². The third-order valence-electron chi connectivity index (χ3n) is 3.57. The molecular formula is C18H21NO2. The minimum absolute atomic E-state index is 0.147. The molecular weight excluding hydrogens is 262 g/mol. The Morgan fingerprint density at radius 2 is 1.86 bits per heavy atom. The van der Waals surface area contributed by atoms with E-state index in [1.54, 1.807) is 0 Å². The van der Waals surface area contributed by atoms with Crippen molar-refractivity contribution in [2.45, 2.75) is 25.9 Å². The molecule has 1 unspecified atom stereocenters. The van der Waals surface area contributed by atoms with Crippen LogP contribution < -0.4 is 5.73 Å². The fourth-order valence-corrected chi connectivity index (χ4v) is 2.30. The van der Waals surface area contributed by atoms with Crippen molar-refractivity contribution in [2.24, 2.45) is 5.73 Å². The number of Topliss-reactive ketones (excluding diaryl/α,β-unsaturated/α-hetero) is 1. The second-order valence-corrected chi connectivity index (χ2v) is 5.07. The highest BCUT2D eigenvalue weighted by Gasteiger charge is 2.08. The van der Waals surface area contributed by atoms with E-state index in [0.29, 0.717) is 19.4 Å². The van der Waals surface area contributed by atoms with Gasteiger partial charge in [-0.25, -0.2) is 0 Å². The number of aliphatic hydroxyl groups excluding tert-OH is 1. The van der Waals surface area contributed by atoms with Crippen molar-refractivity contribution in [3.8, 4) is 11.1 Å². The van der Waals surface area contributed by atoms with E-state index in [1.165, 1.54) is 0 Å². The quantitative estimate of drug-likeness (QED) is 0.799. The Kier molecular flexibility index (Phi) is 5.26. The summed E-state index contributed by atoms with van der Waals surface area (Å²) in [6.45, 7) is 2.32. The van der Waals surface area contributed by atoms with Gasteiger partial charge in [-0.05, 0) is 35.7 Å². The van der Waals surface area contributed by atoms with E-state index < -0.39 is 6.10 Å². The minimum atomic E-state index is -0.532. The standard InChI is InChI=1S/C18H21NO2/c1-2-17(20)14-8-6-13(7-9-14)15-4-3-5-16(12-15)18(21)10-11-19/h3-9,12,18,21H,2,10-11,19H2,1H3. The van der Waals surface area contributed by atoms with Gasteiger partial charge in [0.25, 0.3) is 0 Å². The van der Waals surface area contributed by atoms with Gasteiger partial charge in [-0.3, -0.25) is 4.79 Å². The smallest absolute Gasteiger partial charge is 0.162 e. The van der Waals surface area contributed by atoms with Gasteiger partial charge in [0.1, 0.15) is 0 Å². The van der Waals surface area contributed by atoms with Crippen LogP contribution in [0.3, 0.4) is 0 Å². The van der Waals surface area contributed by atoms with Gasteiger partial charge >= 0.3 is 0 Å². The predicted molar refractivity (Wildman–Crippen MR) is 85.1 cm³/mol. The van der Waals surface area contributed by atoms with Gasteiger partial charge < -0.3 is 10.8 Å². The summed E-state index contributed by atoms with van der Waals surface area (Å²) < 4.78 is 0. The number of benzene rings is 2. The average molecular weight is 283 g/mol. The summed E-state index contributed by atoms with van der Waals surface area (Å²) in [6, 6.07) is 15.4. The Balaban J connectivity index is 2.25. The number of hydrogen-bond acceptors (Lipinski definition) is 3. The molecule has 0 spiro atoms. The summed E-state index contributed by atoms with van der Waals surface area (Å²) in [5, 5.41) is 10.0. The summed E-state index contributed by atoms with van der Waals surface area (Å²) >= 11 is 0.